The first-order valence-corrected chi connectivity index (χ1v) is 10.0. The zero-order chi connectivity index (χ0) is 15.8. The molecule has 23 heavy (non-hydrogen) atoms. The molecule has 1 saturated heterocycles. The molecule has 0 radical (unpaired) electrons. The van der Waals surface area contributed by atoms with E-state index >= 15 is 0 Å². The Kier molecular flexibility index (Phi) is 4.53. The molecule has 0 atom stereocenters. The zero-order valence-electron chi connectivity index (χ0n) is 14.5. The molecule has 4 aliphatic rings. The number of carbonyl (C=O) groups is 1. The van der Waals surface area contributed by atoms with Crippen molar-refractivity contribution < 1.29 is 14.3 Å². The third-order valence-electron chi connectivity index (χ3n) is 7.51. The molecule has 1 spiro atoms. The molecule has 0 aromatic carbocycles. The van der Waals surface area contributed by atoms with Crippen LogP contribution in [0.2, 0.25) is 0 Å². The van der Waals surface area contributed by atoms with E-state index in [4.69, 9.17) is 9.47 Å². The first kappa shape index (κ1) is 16.1. The summed E-state index contributed by atoms with van der Waals surface area (Å²) in [5, 5.41) is 0. The van der Waals surface area contributed by atoms with Gasteiger partial charge in [-0.25, -0.2) is 0 Å². The van der Waals surface area contributed by atoms with E-state index in [0.29, 0.717) is 11.2 Å². The smallest absolute Gasteiger partial charge is 0.168 e. The highest BCUT2D eigenvalue weighted by Gasteiger charge is 2.50. The lowest BCUT2D eigenvalue weighted by molar-refractivity contribution is -0.193. The highest BCUT2D eigenvalue weighted by molar-refractivity contribution is 5.79. The summed E-state index contributed by atoms with van der Waals surface area (Å²) in [5.41, 5.74) is 0.527. The minimum absolute atomic E-state index is 0.227. The molecule has 3 nitrogen and oxygen atoms in total. The Labute approximate surface area is 140 Å². The van der Waals surface area contributed by atoms with Gasteiger partial charge in [0.1, 0.15) is 5.78 Å². The van der Waals surface area contributed by atoms with Crippen LogP contribution in [-0.2, 0) is 14.3 Å². The van der Waals surface area contributed by atoms with Crippen LogP contribution in [0.5, 0.6) is 0 Å². The van der Waals surface area contributed by atoms with Crippen molar-refractivity contribution in [3.8, 4) is 0 Å². The molecule has 3 heteroatoms. The van der Waals surface area contributed by atoms with Crippen molar-refractivity contribution in [3.63, 3.8) is 0 Å². The Morgan fingerprint density at radius 1 is 0.739 bits per heavy atom. The molecule has 0 bridgehead atoms. The van der Waals surface area contributed by atoms with Crippen molar-refractivity contribution in [2.24, 2.45) is 17.3 Å². The number of hydrogen-bond donors (Lipinski definition) is 0. The van der Waals surface area contributed by atoms with Gasteiger partial charge in [0.25, 0.3) is 0 Å². The maximum atomic E-state index is 11.7. The minimum atomic E-state index is -0.227. The third kappa shape index (κ3) is 3.00. The number of ether oxygens (including phenoxy) is 2. The maximum absolute atomic E-state index is 11.7. The Balaban J connectivity index is 1.48. The number of rotatable bonds is 2. The van der Waals surface area contributed by atoms with Crippen LogP contribution in [0.4, 0.5) is 0 Å². The Hall–Kier alpha value is -0.410. The molecule has 130 valence electrons. The summed E-state index contributed by atoms with van der Waals surface area (Å²) in [4.78, 5) is 11.7. The average molecular weight is 320 g/mol. The number of ketones is 1. The standard InChI is InChI=1S/C20H32O3/c21-18-6-4-16(5-7-18)19(10-2-1-3-11-19)17-8-12-20(13-9-17)22-14-15-23-20/h16-17H,1-15H2. The van der Waals surface area contributed by atoms with Crippen LogP contribution in [-0.4, -0.2) is 24.8 Å². The van der Waals surface area contributed by atoms with Crippen LogP contribution in [0.3, 0.4) is 0 Å². The van der Waals surface area contributed by atoms with E-state index in [-0.39, 0.29) is 5.79 Å². The number of carbonyl (C=O) groups excluding carboxylic acids is 1. The zero-order valence-corrected chi connectivity index (χ0v) is 14.5. The summed E-state index contributed by atoms with van der Waals surface area (Å²) >= 11 is 0. The van der Waals surface area contributed by atoms with E-state index < -0.39 is 0 Å². The van der Waals surface area contributed by atoms with Crippen LogP contribution in [0.25, 0.3) is 0 Å². The first-order valence-electron chi connectivity index (χ1n) is 10.0. The van der Waals surface area contributed by atoms with E-state index in [2.05, 4.69) is 0 Å². The van der Waals surface area contributed by atoms with Gasteiger partial charge in [-0.15, -0.1) is 0 Å². The van der Waals surface area contributed by atoms with Gasteiger partial charge >= 0.3 is 0 Å². The highest BCUT2D eigenvalue weighted by Crippen LogP contribution is 2.57. The van der Waals surface area contributed by atoms with Crippen molar-refractivity contribution in [2.45, 2.75) is 89.3 Å². The molecule has 3 aliphatic carbocycles. The second-order valence-corrected chi connectivity index (χ2v) is 8.49. The lowest BCUT2D eigenvalue weighted by Gasteiger charge is -2.53. The van der Waals surface area contributed by atoms with Crippen molar-refractivity contribution in [3.05, 3.63) is 0 Å². The fourth-order valence-corrected chi connectivity index (χ4v) is 6.29. The summed E-state index contributed by atoms with van der Waals surface area (Å²) in [6, 6.07) is 0. The predicted octanol–water partition coefficient (Wildman–Crippen LogP) is 4.63. The molecule has 0 aromatic heterocycles. The third-order valence-corrected chi connectivity index (χ3v) is 7.51. The van der Waals surface area contributed by atoms with E-state index in [0.717, 1.165) is 63.6 Å². The first-order chi connectivity index (χ1) is 11.2. The van der Waals surface area contributed by atoms with Gasteiger partial charge in [0.2, 0.25) is 0 Å². The summed E-state index contributed by atoms with van der Waals surface area (Å²) in [6.07, 6.45) is 15.8. The van der Waals surface area contributed by atoms with Crippen molar-refractivity contribution in [1.82, 2.24) is 0 Å². The number of Topliss-reactive ketones (excluding diaryl/α,β-unsaturated/α-hetero) is 1. The van der Waals surface area contributed by atoms with Crippen LogP contribution in [0.15, 0.2) is 0 Å². The van der Waals surface area contributed by atoms with Gasteiger partial charge in [0.05, 0.1) is 13.2 Å². The normalized spacial score (nSPS) is 32.4. The molecule has 1 heterocycles. The Morgan fingerprint density at radius 3 is 1.91 bits per heavy atom. The highest BCUT2D eigenvalue weighted by atomic mass is 16.7. The van der Waals surface area contributed by atoms with Gasteiger partial charge in [-0.3, -0.25) is 4.79 Å². The van der Waals surface area contributed by atoms with Crippen molar-refractivity contribution >= 4 is 5.78 Å². The lowest BCUT2D eigenvalue weighted by atomic mass is 9.53. The molecular formula is C20H32O3. The summed E-state index contributed by atoms with van der Waals surface area (Å²) in [7, 11) is 0. The second kappa shape index (κ2) is 6.48. The second-order valence-electron chi connectivity index (χ2n) is 8.49. The van der Waals surface area contributed by atoms with Crippen LogP contribution in [0.1, 0.15) is 83.5 Å². The SMILES string of the molecule is O=C1CCC(C2(C3CCC4(CC3)OCCO4)CCCCC2)CC1. The minimum Gasteiger partial charge on any atom is -0.348 e. The van der Waals surface area contributed by atoms with Gasteiger partial charge < -0.3 is 9.47 Å². The Bertz CT molecular complexity index is 412. The molecular weight excluding hydrogens is 288 g/mol. The predicted molar refractivity (Wildman–Crippen MR) is 89.1 cm³/mol. The number of hydrogen-bond acceptors (Lipinski definition) is 3. The van der Waals surface area contributed by atoms with Gasteiger partial charge in [-0.2, -0.15) is 0 Å². The van der Waals surface area contributed by atoms with E-state index in [1.807, 2.05) is 0 Å². The molecule has 0 amide bonds. The van der Waals surface area contributed by atoms with Crippen molar-refractivity contribution in [2.75, 3.05) is 13.2 Å². The fraction of sp³-hybridized carbons (Fsp3) is 0.950. The van der Waals surface area contributed by atoms with Gasteiger partial charge in [-0.1, -0.05) is 19.3 Å². The fourth-order valence-electron chi connectivity index (χ4n) is 6.29. The molecule has 1 aliphatic heterocycles. The van der Waals surface area contributed by atoms with Crippen LogP contribution < -0.4 is 0 Å². The van der Waals surface area contributed by atoms with E-state index in [1.54, 1.807) is 0 Å². The largest absolute Gasteiger partial charge is 0.348 e. The molecule has 0 aromatic rings. The molecule has 0 N–H and O–H groups in total. The van der Waals surface area contributed by atoms with E-state index in [1.165, 1.54) is 44.9 Å². The summed E-state index contributed by atoms with van der Waals surface area (Å²) in [5.74, 6) is 1.90. The summed E-state index contributed by atoms with van der Waals surface area (Å²) < 4.78 is 11.9. The van der Waals surface area contributed by atoms with Gasteiger partial charge in [0.15, 0.2) is 5.79 Å². The van der Waals surface area contributed by atoms with Crippen LogP contribution >= 0.6 is 0 Å². The van der Waals surface area contributed by atoms with E-state index in [9.17, 15) is 4.79 Å². The average Bonchev–Trinajstić information content (AvgIpc) is 3.05. The maximum Gasteiger partial charge on any atom is 0.168 e. The molecule has 4 fully saturated rings. The quantitative estimate of drug-likeness (QED) is 0.744. The van der Waals surface area contributed by atoms with Gasteiger partial charge in [-0.05, 0) is 55.8 Å². The Morgan fingerprint density at radius 2 is 1.30 bits per heavy atom. The molecule has 0 unspecified atom stereocenters. The van der Waals surface area contributed by atoms with Crippen LogP contribution in [0, 0.1) is 17.3 Å². The molecule has 4 rings (SSSR count). The topological polar surface area (TPSA) is 35.5 Å². The summed E-state index contributed by atoms with van der Waals surface area (Å²) in [6.45, 7) is 1.56. The molecule has 3 saturated carbocycles. The lowest BCUT2D eigenvalue weighted by Crippen LogP contribution is -2.46. The monoisotopic (exact) mass is 320 g/mol. The van der Waals surface area contributed by atoms with Gasteiger partial charge in [0, 0.05) is 25.7 Å². The van der Waals surface area contributed by atoms with Crippen molar-refractivity contribution in [1.29, 1.82) is 0 Å².